The highest BCUT2D eigenvalue weighted by Crippen LogP contribution is 2.02. The normalized spacial score (nSPS) is 7.14. The maximum Gasteiger partial charge on any atom is 0.308 e. The molecule has 0 amide bonds. The lowest BCUT2D eigenvalue weighted by molar-refractivity contribution is -0.148. The summed E-state index contributed by atoms with van der Waals surface area (Å²) in [6.07, 6.45) is 3.11. The van der Waals surface area contributed by atoms with Gasteiger partial charge in [-0.25, -0.2) is 0 Å². The number of carbonyl (C=O) groups excluding carboxylic acids is 1. The van der Waals surface area contributed by atoms with Crippen molar-refractivity contribution in [3.8, 4) is 107 Å². The summed E-state index contributed by atoms with van der Waals surface area (Å²) in [5.74, 6) is 42.3. The number of esters is 1. The Hall–Kier alpha value is -4.69. The molecule has 0 aromatic heterocycles. The molecule has 0 aliphatic heterocycles. The minimum atomic E-state index is -0.242. The summed E-state index contributed by atoms with van der Waals surface area (Å²) in [6.45, 7) is 5.76. The molecule has 0 N–H and O–H groups in total. The van der Waals surface area contributed by atoms with E-state index < -0.39 is 0 Å². The number of hydrogen-bond acceptors (Lipinski definition) is 3. The first-order valence-electron chi connectivity index (χ1n) is 8.42. The second kappa shape index (κ2) is 19.6. The Morgan fingerprint density at radius 1 is 0.690 bits per heavy atom. The van der Waals surface area contributed by atoms with Crippen LogP contribution in [-0.2, 0) is 14.3 Å². The zero-order valence-electron chi connectivity index (χ0n) is 16.4. The van der Waals surface area contributed by atoms with Crippen molar-refractivity contribution in [2.45, 2.75) is 27.2 Å². The molecule has 3 nitrogen and oxygen atoms in total. The van der Waals surface area contributed by atoms with Crippen molar-refractivity contribution < 1.29 is 14.3 Å². The van der Waals surface area contributed by atoms with E-state index in [1.807, 2.05) is 13.8 Å². The summed E-state index contributed by atoms with van der Waals surface area (Å²) in [6, 6.07) is 0. The van der Waals surface area contributed by atoms with Crippen LogP contribution in [0.2, 0.25) is 0 Å². The molecule has 0 saturated carbocycles. The smallest absolute Gasteiger partial charge is 0.308 e. The topological polar surface area (TPSA) is 35.5 Å². The van der Waals surface area contributed by atoms with Gasteiger partial charge in [0.05, 0.1) is 5.92 Å². The van der Waals surface area contributed by atoms with Gasteiger partial charge < -0.3 is 9.47 Å². The highest BCUT2D eigenvalue weighted by molar-refractivity contribution is 5.71. The van der Waals surface area contributed by atoms with Crippen molar-refractivity contribution >= 4 is 5.97 Å². The maximum atomic E-state index is 11.4. The molecule has 0 rings (SSSR count). The van der Waals surface area contributed by atoms with Crippen LogP contribution in [0, 0.1) is 113 Å². The van der Waals surface area contributed by atoms with Crippen LogP contribution < -0.4 is 0 Å². The van der Waals surface area contributed by atoms with Gasteiger partial charge in [0.2, 0.25) is 0 Å². The Morgan fingerprint density at radius 2 is 1.10 bits per heavy atom. The van der Waals surface area contributed by atoms with Gasteiger partial charge >= 0.3 is 5.97 Å². The van der Waals surface area contributed by atoms with Crippen LogP contribution in [0.3, 0.4) is 0 Å². The summed E-state index contributed by atoms with van der Waals surface area (Å²) in [7, 11) is 0. The van der Waals surface area contributed by atoms with Crippen LogP contribution >= 0.6 is 0 Å². The Kier molecular flexibility index (Phi) is 16.5. The Morgan fingerprint density at radius 3 is 1.52 bits per heavy atom. The molecule has 0 aliphatic rings. The first kappa shape index (κ1) is 24.3. The summed E-state index contributed by atoms with van der Waals surface area (Å²) >= 11 is 0. The van der Waals surface area contributed by atoms with Crippen LogP contribution in [-0.4, -0.2) is 19.2 Å². The predicted octanol–water partition coefficient (Wildman–Crippen LogP) is 1.60. The fourth-order valence-corrected chi connectivity index (χ4v) is 1.11. The maximum absolute atomic E-state index is 11.4. The van der Waals surface area contributed by atoms with Crippen molar-refractivity contribution in [1.29, 1.82) is 0 Å². The van der Waals surface area contributed by atoms with Crippen molar-refractivity contribution in [3.63, 3.8) is 0 Å². The van der Waals surface area contributed by atoms with Gasteiger partial charge in [-0.2, -0.15) is 0 Å². The number of ether oxygens (including phenoxy) is 2. The third-order valence-electron chi connectivity index (χ3n) is 2.63. The average molecular weight is 376 g/mol. The van der Waals surface area contributed by atoms with Gasteiger partial charge in [0.15, 0.2) is 0 Å². The average Bonchev–Trinajstić information content (AvgIpc) is 2.74. The zero-order chi connectivity index (χ0) is 21.4. The summed E-state index contributed by atoms with van der Waals surface area (Å²) in [4.78, 5) is 11.4. The van der Waals surface area contributed by atoms with E-state index in [1.165, 1.54) is 0 Å². The van der Waals surface area contributed by atoms with Gasteiger partial charge in [-0.3, -0.25) is 4.79 Å². The lowest BCUT2D eigenvalue weighted by atomic mass is 10.1. The first-order valence-corrected chi connectivity index (χ1v) is 8.42. The molecule has 1 atom stereocenters. The van der Waals surface area contributed by atoms with E-state index in [2.05, 4.69) is 107 Å². The highest BCUT2D eigenvalue weighted by atomic mass is 16.6. The van der Waals surface area contributed by atoms with E-state index >= 15 is 0 Å². The van der Waals surface area contributed by atoms with Crippen LogP contribution in [0.25, 0.3) is 0 Å². The van der Waals surface area contributed by atoms with Crippen LogP contribution in [0.4, 0.5) is 0 Å². The first-order chi connectivity index (χ1) is 14.2. The van der Waals surface area contributed by atoms with Gasteiger partial charge in [-0.1, -0.05) is 19.8 Å². The zero-order valence-corrected chi connectivity index (χ0v) is 16.4. The molecule has 3 heteroatoms. The minimum absolute atomic E-state index is 0.113. The van der Waals surface area contributed by atoms with E-state index in [-0.39, 0.29) is 25.1 Å². The largest absolute Gasteiger partial charge is 0.462 e. The predicted molar refractivity (Wildman–Crippen MR) is 112 cm³/mol. The standard InChI is InChI=1S/C26H16O3/c1-4-6-7-8-9-10-11-12-13-14-15-16-17-18-19-20-21-22-28-23-24-29-26(27)25(3)5-2/h25H,5,23-24H2,1-3H3. The molecule has 0 heterocycles. The molecule has 0 aromatic carbocycles. The SMILES string of the molecule is CC#CC#CC#CC#CC#CC#CC#CC#CC#COCCOC(=O)C(C)CC. The van der Waals surface area contributed by atoms with E-state index in [0.717, 1.165) is 6.42 Å². The number of hydrogen-bond donors (Lipinski definition) is 0. The van der Waals surface area contributed by atoms with E-state index in [1.54, 1.807) is 6.92 Å². The van der Waals surface area contributed by atoms with Crippen molar-refractivity contribution in [2.24, 2.45) is 5.92 Å². The van der Waals surface area contributed by atoms with Gasteiger partial charge in [-0.05, 0) is 60.7 Å². The Balaban J connectivity index is 4.14. The van der Waals surface area contributed by atoms with Crippen LogP contribution in [0.5, 0.6) is 0 Å². The van der Waals surface area contributed by atoms with Crippen molar-refractivity contribution in [2.75, 3.05) is 13.2 Å². The van der Waals surface area contributed by atoms with Crippen LogP contribution in [0.1, 0.15) is 27.2 Å². The number of rotatable bonds is 5. The monoisotopic (exact) mass is 376 g/mol. The number of carbonyl (C=O) groups is 1. The Labute approximate surface area is 173 Å². The van der Waals surface area contributed by atoms with Gasteiger partial charge in [0.25, 0.3) is 0 Å². The molecule has 138 valence electrons. The molecular weight excluding hydrogens is 360 g/mol. The molecule has 0 fully saturated rings. The molecule has 0 bridgehead atoms. The minimum Gasteiger partial charge on any atom is -0.462 e. The Bertz CT molecular complexity index is 1130. The summed E-state index contributed by atoms with van der Waals surface area (Å²) in [5, 5.41) is 0. The van der Waals surface area contributed by atoms with Gasteiger partial charge in [0.1, 0.15) is 19.3 Å². The summed E-state index contributed by atoms with van der Waals surface area (Å²) < 4.78 is 9.94. The molecule has 0 radical (unpaired) electrons. The molecule has 29 heavy (non-hydrogen) atoms. The molecule has 0 saturated heterocycles. The van der Waals surface area contributed by atoms with Gasteiger partial charge in [0, 0.05) is 47.4 Å². The van der Waals surface area contributed by atoms with E-state index in [9.17, 15) is 4.79 Å². The fourth-order valence-electron chi connectivity index (χ4n) is 1.11. The lowest BCUT2D eigenvalue weighted by Crippen LogP contribution is -2.16. The lowest BCUT2D eigenvalue weighted by Gasteiger charge is -2.07. The second-order valence-corrected chi connectivity index (χ2v) is 4.68. The third-order valence-corrected chi connectivity index (χ3v) is 2.63. The second-order valence-electron chi connectivity index (χ2n) is 4.68. The third kappa shape index (κ3) is 17.9. The van der Waals surface area contributed by atoms with Crippen molar-refractivity contribution in [3.05, 3.63) is 0 Å². The molecule has 0 spiro atoms. The fraction of sp³-hybridized carbons (Fsp3) is 0.269. The highest BCUT2D eigenvalue weighted by Gasteiger charge is 2.10. The van der Waals surface area contributed by atoms with Crippen LogP contribution in [0.15, 0.2) is 0 Å². The molecule has 0 aromatic rings. The summed E-state index contributed by atoms with van der Waals surface area (Å²) in [5.41, 5.74) is 0. The van der Waals surface area contributed by atoms with E-state index in [4.69, 9.17) is 9.47 Å². The molecule has 0 aliphatic carbocycles. The molecule has 1 unspecified atom stereocenters. The quantitative estimate of drug-likeness (QED) is 0.415. The van der Waals surface area contributed by atoms with Gasteiger partial charge in [-0.15, -0.1) is 0 Å². The van der Waals surface area contributed by atoms with E-state index in [0.29, 0.717) is 0 Å². The van der Waals surface area contributed by atoms with Crippen molar-refractivity contribution in [1.82, 2.24) is 0 Å². The molecular formula is C26H16O3.